The van der Waals surface area contributed by atoms with Gasteiger partial charge in [0, 0.05) is 19.3 Å². The largest absolute Gasteiger partial charge is 0.479 e. The molecule has 1 fully saturated rings. The topological polar surface area (TPSA) is 175 Å². The minimum absolute atomic E-state index is 0.0645. The van der Waals surface area contributed by atoms with Crippen molar-refractivity contribution in [3.63, 3.8) is 0 Å². The highest BCUT2D eigenvalue weighted by Gasteiger charge is 2.50. The normalized spacial score (nSPS) is 17.8. The lowest BCUT2D eigenvalue weighted by molar-refractivity contribution is -0.301. The maximum absolute atomic E-state index is 13.2. The molecule has 0 bridgehead atoms. The van der Waals surface area contributed by atoms with E-state index in [1.54, 1.807) is 0 Å². The third-order valence-corrected chi connectivity index (χ3v) is 15.9. The fraction of sp³-hybridized carbons (Fsp3) is 0.831. The van der Waals surface area contributed by atoms with Gasteiger partial charge in [0.05, 0.1) is 6.61 Å². The van der Waals surface area contributed by atoms with E-state index in [1.165, 1.54) is 161 Å². The number of esters is 3. The number of unbranched alkanes of at least 4 members (excludes halogenated alkanes) is 38. The first-order valence-electron chi connectivity index (χ1n) is 34.6. The van der Waals surface area contributed by atoms with Gasteiger partial charge in [-0.1, -0.05) is 301 Å². The van der Waals surface area contributed by atoms with Crippen molar-refractivity contribution in [3.8, 4) is 0 Å². The van der Waals surface area contributed by atoms with E-state index in [0.717, 1.165) is 109 Å². The highest BCUT2D eigenvalue weighted by atomic mass is 16.7. The van der Waals surface area contributed by atoms with Crippen LogP contribution in [-0.2, 0) is 42.9 Å². The molecule has 1 heterocycles. The van der Waals surface area contributed by atoms with Gasteiger partial charge in [0.2, 0.25) is 0 Å². The Balaban J connectivity index is 2.63. The number of allylic oxidation sites excluding steroid dienone is 8. The Morgan fingerprint density at radius 1 is 0.410 bits per heavy atom. The fourth-order valence-electron chi connectivity index (χ4n) is 10.7. The summed E-state index contributed by atoms with van der Waals surface area (Å²) in [6.07, 6.45) is 60.6. The molecule has 12 heteroatoms. The zero-order chi connectivity index (χ0) is 60.3. The van der Waals surface area contributed by atoms with Gasteiger partial charge in [0.15, 0.2) is 24.6 Å². The van der Waals surface area contributed by atoms with Gasteiger partial charge in [-0.25, -0.2) is 4.79 Å². The Kier molecular flexibility index (Phi) is 55.3. The van der Waals surface area contributed by atoms with Crippen LogP contribution in [0, 0.1) is 0 Å². The molecule has 482 valence electrons. The average Bonchev–Trinajstić information content (AvgIpc) is 3.58. The molecule has 1 aliphatic rings. The van der Waals surface area contributed by atoms with Crippen LogP contribution in [0.5, 0.6) is 0 Å². The summed E-state index contributed by atoms with van der Waals surface area (Å²) >= 11 is 0. The standard InChI is InChI=1S/C71H126O12/c1-4-7-10-13-16-19-22-25-28-30-32-34-37-39-42-45-48-51-54-57-63(72)79-60-62(81-64(73)58-55-52-49-46-43-41-38-35-33-31-29-26-23-20-17-14-11-8-5-2)61-80-71-69(67(76)66(75)68(83-71)70(77)78)82-65(74)59-56-53-50-47-44-40-36-27-24-21-18-15-12-9-6-3/h7,10,16,19,25,28,32,34,62,66-69,71,75-76H,4-6,8-9,11-15,17-18,20-24,26-27,29-31,33,35-61H2,1-3H3,(H,77,78)/b10-7-,19-16-,28-25-,34-32-. The maximum Gasteiger partial charge on any atom is 0.335 e. The molecule has 0 spiro atoms. The van der Waals surface area contributed by atoms with Crippen molar-refractivity contribution in [2.45, 2.75) is 366 Å². The molecule has 1 saturated heterocycles. The molecule has 1 rings (SSSR count). The number of carbonyl (C=O) groups is 4. The number of hydrogen-bond acceptors (Lipinski definition) is 11. The summed E-state index contributed by atoms with van der Waals surface area (Å²) in [5.74, 6) is -3.10. The zero-order valence-electron chi connectivity index (χ0n) is 53.5. The first kappa shape index (κ1) is 77.7. The Hall–Kier alpha value is -3.32. The maximum atomic E-state index is 13.2. The van der Waals surface area contributed by atoms with E-state index in [1.807, 2.05) is 0 Å². The van der Waals surface area contributed by atoms with E-state index in [4.69, 9.17) is 23.7 Å². The lowest BCUT2D eigenvalue weighted by Crippen LogP contribution is -2.61. The van der Waals surface area contributed by atoms with Gasteiger partial charge in [-0.3, -0.25) is 14.4 Å². The highest BCUT2D eigenvalue weighted by Crippen LogP contribution is 2.27. The van der Waals surface area contributed by atoms with E-state index in [9.17, 15) is 34.5 Å². The number of aliphatic carboxylic acids is 1. The number of aliphatic hydroxyl groups excluding tert-OH is 2. The van der Waals surface area contributed by atoms with Crippen LogP contribution in [0.4, 0.5) is 0 Å². The second kappa shape index (κ2) is 59.0. The summed E-state index contributed by atoms with van der Waals surface area (Å²) in [4.78, 5) is 51.4. The molecule has 83 heavy (non-hydrogen) atoms. The summed E-state index contributed by atoms with van der Waals surface area (Å²) in [7, 11) is 0. The lowest BCUT2D eigenvalue weighted by Gasteiger charge is -2.40. The van der Waals surface area contributed by atoms with Gasteiger partial charge >= 0.3 is 23.9 Å². The van der Waals surface area contributed by atoms with Gasteiger partial charge < -0.3 is 39.0 Å². The lowest BCUT2D eigenvalue weighted by atomic mass is 9.98. The third kappa shape index (κ3) is 48.5. The molecule has 0 radical (unpaired) electrons. The summed E-state index contributed by atoms with van der Waals surface area (Å²) in [6, 6.07) is 0. The van der Waals surface area contributed by atoms with Crippen LogP contribution in [-0.4, -0.2) is 89.2 Å². The van der Waals surface area contributed by atoms with Gasteiger partial charge in [-0.05, 0) is 57.8 Å². The second-order valence-electron chi connectivity index (χ2n) is 23.8. The molecule has 3 N–H and O–H groups in total. The number of hydrogen-bond donors (Lipinski definition) is 3. The summed E-state index contributed by atoms with van der Waals surface area (Å²) in [5.41, 5.74) is 0. The molecule has 6 atom stereocenters. The highest BCUT2D eigenvalue weighted by molar-refractivity contribution is 5.74. The summed E-state index contributed by atoms with van der Waals surface area (Å²) in [5, 5.41) is 31.6. The van der Waals surface area contributed by atoms with Crippen molar-refractivity contribution in [1.82, 2.24) is 0 Å². The van der Waals surface area contributed by atoms with Crippen LogP contribution in [0.3, 0.4) is 0 Å². The molecule has 0 aromatic carbocycles. The Morgan fingerprint density at radius 3 is 1.16 bits per heavy atom. The monoisotopic (exact) mass is 1170 g/mol. The molecular weight excluding hydrogens is 1040 g/mol. The fourth-order valence-corrected chi connectivity index (χ4v) is 10.7. The van der Waals surface area contributed by atoms with Crippen molar-refractivity contribution < 1.29 is 58.2 Å². The van der Waals surface area contributed by atoms with E-state index in [-0.39, 0.29) is 25.9 Å². The minimum Gasteiger partial charge on any atom is -0.479 e. The van der Waals surface area contributed by atoms with Crippen LogP contribution in [0.1, 0.15) is 329 Å². The number of carboxylic acid groups (broad SMARTS) is 1. The van der Waals surface area contributed by atoms with Crippen molar-refractivity contribution in [2.75, 3.05) is 13.2 Å². The molecule has 0 amide bonds. The van der Waals surface area contributed by atoms with Crippen LogP contribution in [0.15, 0.2) is 48.6 Å². The molecule has 0 aliphatic carbocycles. The quantitative estimate of drug-likeness (QED) is 0.0228. The summed E-state index contributed by atoms with van der Waals surface area (Å²) < 4.78 is 28.6. The number of carbonyl (C=O) groups excluding carboxylic acids is 3. The Bertz CT molecular complexity index is 1630. The number of ether oxygens (including phenoxy) is 5. The molecule has 0 saturated carbocycles. The van der Waals surface area contributed by atoms with E-state index >= 15 is 0 Å². The molecule has 6 unspecified atom stereocenters. The Morgan fingerprint density at radius 2 is 0.759 bits per heavy atom. The van der Waals surface area contributed by atoms with Gasteiger partial charge in [0.25, 0.3) is 0 Å². The zero-order valence-corrected chi connectivity index (χ0v) is 53.5. The Labute approximate surface area is 507 Å². The van der Waals surface area contributed by atoms with E-state index < -0.39 is 67.3 Å². The minimum atomic E-state index is -1.90. The van der Waals surface area contributed by atoms with Crippen molar-refractivity contribution >= 4 is 23.9 Å². The molecule has 0 aromatic heterocycles. The van der Waals surface area contributed by atoms with Gasteiger partial charge in [-0.15, -0.1) is 0 Å². The summed E-state index contributed by atoms with van der Waals surface area (Å²) in [6.45, 7) is 5.94. The van der Waals surface area contributed by atoms with Gasteiger partial charge in [0.1, 0.15) is 18.8 Å². The van der Waals surface area contributed by atoms with Crippen molar-refractivity contribution in [1.29, 1.82) is 0 Å². The molecule has 0 aromatic rings. The van der Waals surface area contributed by atoms with Crippen molar-refractivity contribution in [3.05, 3.63) is 48.6 Å². The third-order valence-electron chi connectivity index (χ3n) is 15.9. The number of carboxylic acids is 1. The number of rotatable bonds is 60. The molecule has 12 nitrogen and oxygen atoms in total. The first-order valence-corrected chi connectivity index (χ1v) is 34.6. The van der Waals surface area contributed by atoms with E-state index in [2.05, 4.69) is 69.4 Å². The molecular formula is C71H126O12. The van der Waals surface area contributed by atoms with Crippen LogP contribution in [0.2, 0.25) is 0 Å². The SMILES string of the molecule is CC/C=C\C/C=C\C/C=C\C/C=C\CCCCCCCCC(=O)OCC(COC1OC(C(=O)O)C(O)C(O)C1OC(=O)CCCCCCCCCCCCCCCCC)OC(=O)CCCCCCCCCCCCCCCCCCCCC. The smallest absolute Gasteiger partial charge is 0.335 e. The first-order chi connectivity index (χ1) is 40.6. The predicted octanol–water partition coefficient (Wildman–Crippen LogP) is 18.9. The van der Waals surface area contributed by atoms with Crippen molar-refractivity contribution in [2.24, 2.45) is 0 Å². The average molecular weight is 1170 g/mol. The van der Waals surface area contributed by atoms with Crippen LogP contribution >= 0.6 is 0 Å². The van der Waals surface area contributed by atoms with Crippen LogP contribution < -0.4 is 0 Å². The predicted molar refractivity (Wildman–Crippen MR) is 340 cm³/mol. The second-order valence-corrected chi connectivity index (χ2v) is 23.8. The van der Waals surface area contributed by atoms with Gasteiger partial charge in [-0.2, -0.15) is 0 Å². The molecule has 1 aliphatic heterocycles. The van der Waals surface area contributed by atoms with Crippen LogP contribution in [0.25, 0.3) is 0 Å². The number of aliphatic hydroxyl groups is 2. The van der Waals surface area contributed by atoms with E-state index in [0.29, 0.717) is 19.3 Å².